The average Bonchev–Trinajstić information content (AvgIpc) is 2.53. The largest absolute Gasteiger partial charge is 0.387 e. The molecule has 118 valence electrons. The predicted octanol–water partition coefficient (Wildman–Crippen LogP) is 3.17. The monoisotopic (exact) mass is 291 g/mol. The van der Waals surface area contributed by atoms with Gasteiger partial charge in [0.2, 0.25) is 0 Å². The number of hydrogen-bond acceptors (Lipinski definition) is 3. The van der Waals surface area contributed by atoms with Crippen LogP contribution in [-0.2, 0) is 11.2 Å². The lowest BCUT2D eigenvalue weighted by molar-refractivity contribution is -0.0119. The number of aryl methyl sites for hydroxylation is 1. The first-order chi connectivity index (χ1) is 10.2. The Kier molecular flexibility index (Phi) is 6.68. The van der Waals surface area contributed by atoms with Gasteiger partial charge >= 0.3 is 0 Å². The number of aliphatic hydroxyl groups is 1. The molecule has 3 nitrogen and oxygen atoms in total. The number of aliphatic hydroxyl groups excluding tert-OH is 1. The van der Waals surface area contributed by atoms with E-state index < -0.39 is 6.10 Å². The van der Waals surface area contributed by atoms with Crippen molar-refractivity contribution in [3.8, 4) is 0 Å². The standard InChI is InChI=1S/C18H29NO2/c1-3-12-21-17-6-5-11-19(13-17)14-18(20)16-9-7-15(4-2)8-10-16/h7-10,17-18,20H,3-6,11-14H2,1-2H3. The van der Waals surface area contributed by atoms with Crippen LogP contribution in [0.1, 0.15) is 50.3 Å². The van der Waals surface area contributed by atoms with Crippen LogP contribution in [0.5, 0.6) is 0 Å². The normalized spacial score (nSPS) is 21.4. The van der Waals surface area contributed by atoms with Crippen molar-refractivity contribution in [3.63, 3.8) is 0 Å². The Morgan fingerprint density at radius 3 is 2.71 bits per heavy atom. The SMILES string of the molecule is CCCOC1CCCN(CC(O)c2ccc(CC)cc2)C1. The molecular formula is C18H29NO2. The predicted molar refractivity (Wildman–Crippen MR) is 86.5 cm³/mol. The van der Waals surface area contributed by atoms with Gasteiger partial charge in [-0.2, -0.15) is 0 Å². The van der Waals surface area contributed by atoms with E-state index in [2.05, 4.69) is 43.0 Å². The maximum absolute atomic E-state index is 10.4. The van der Waals surface area contributed by atoms with Crippen molar-refractivity contribution in [1.82, 2.24) is 4.90 Å². The first-order valence-corrected chi connectivity index (χ1v) is 8.33. The highest BCUT2D eigenvalue weighted by atomic mass is 16.5. The van der Waals surface area contributed by atoms with E-state index in [0.29, 0.717) is 12.6 Å². The topological polar surface area (TPSA) is 32.7 Å². The molecule has 2 rings (SSSR count). The van der Waals surface area contributed by atoms with Gasteiger partial charge in [-0.15, -0.1) is 0 Å². The molecule has 0 bridgehead atoms. The zero-order chi connectivity index (χ0) is 15.1. The summed E-state index contributed by atoms with van der Waals surface area (Å²) in [6.07, 6.45) is 4.37. The lowest BCUT2D eigenvalue weighted by Crippen LogP contribution is -2.41. The molecule has 1 saturated heterocycles. The van der Waals surface area contributed by atoms with Crippen molar-refractivity contribution >= 4 is 0 Å². The summed E-state index contributed by atoms with van der Waals surface area (Å²) in [5.41, 5.74) is 2.33. The molecule has 21 heavy (non-hydrogen) atoms. The summed E-state index contributed by atoms with van der Waals surface area (Å²) in [5.74, 6) is 0. The fraction of sp³-hybridized carbons (Fsp3) is 0.667. The van der Waals surface area contributed by atoms with Crippen LogP contribution in [0.3, 0.4) is 0 Å². The molecule has 1 fully saturated rings. The number of piperidine rings is 1. The number of nitrogens with zero attached hydrogens (tertiary/aromatic N) is 1. The van der Waals surface area contributed by atoms with Gasteiger partial charge in [-0.05, 0) is 43.4 Å². The summed E-state index contributed by atoms with van der Waals surface area (Å²) in [4.78, 5) is 2.34. The van der Waals surface area contributed by atoms with Crippen LogP contribution in [0, 0.1) is 0 Å². The molecule has 0 aromatic heterocycles. The fourth-order valence-electron chi connectivity index (χ4n) is 2.92. The summed E-state index contributed by atoms with van der Waals surface area (Å²) in [6.45, 7) is 7.86. The third-order valence-electron chi connectivity index (χ3n) is 4.22. The van der Waals surface area contributed by atoms with E-state index in [1.54, 1.807) is 0 Å². The number of hydrogen-bond donors (Lipinski definition) is 1. The minimum absolute atomic E-state index is 0.341. The van der Waals surface area contributed by atoms with E-state index in [4.69, 9.17) is 4.74 Å². The average molecular weight is 291 g/mol. The molecule has 0 radical (unpaired) electrons. The van der Waals surface area contributed by atoms with Crippen LogP contribution >= 0.6 is 0 Å². The Hall–Kier alpha value is -0.900. The van der Waals surface area contributed by atoms with Crippen LogP contribution in [0.15, 0.2) is 24.3 Å². The van der Waals surface area contributed by atoms with Crippen LogP contribution < -0.4 is 0 Å². The van der Waals surface area contributed by atoms with E-state index >= 15 is 0 Å². The molecule has 1 aliphatic heterocycles. The summed E-state index contributed by atoms with van der Waals surface area (Å²) < 4.78 is 5.86. The second kappa shape index (κ2) is 8.52. The first kappa shape index (κ1) is 16.5. The number of likely N-dealkylation sites (tertiary alicyclic amines) is 1. The quantitative estimate of drug-likeness (QED) is 0.837. The molecule has 3 heteroatoms. The smallest absolute Gasteiger partial charge is 0.0916 e. The molecule has 1 aliphatic rings. The van der Waals surface area contributed by atoms with E-state index in [9.17, 15) is 5.11 Å². The Balaban J connectivity index is 1.84. The number of ether oxygens (including phenoxy) is 1. The van der Waals surface area contributed by atoms with Gasteiger partial charge < -0.3 is 9.84 Å². The van der Waals surface area contributed by atoms with Crippen LogP contribution in [0.25, 0.3) is 0 Å². The maximum Gasteiger partial charge on any atom is 0.0916 e. The Morgan fingerprint density at radius 2 is 2.05 bits per heavy atom. The second-order valence-corrected chi connectivity index (χ2v) is 6.01. The summed E-state index contributed by atoms with van der Waals surface area (Å²) in [5, 5.41) is 10.4. The molecule has 1 heterocycles. The molecule has 2 unspecified atom stereocenters. The Bertz CT molecular complexity index is 404. The highest BCUT2D eigenvalue weighted by Gasteiger charge is 2.22. The van der Waals surface area contributed by atoms with Gasteiger partial charge in [0.15, 0.2) is 0 Å². The lowest BCUT2D eigenvalue weighted by Gasteiger charge is -2.33. The maximum atomic E-state index is 10.4. The van der Waals surface area contributed by atoms with E-state index in [1.165, 1.54) is 5.56 Å². The summed E-state index contributed by atoms with van der Waals surface area (Å²) in [6, 6.07) is 8.33. The van der Waals surface area contributed by atoms with E-state index in [0.717, 1.165) is 50.9 Å². The summed E-state index contributed by atoms with van der Waals surface area (Å²) in [7, 11) is 0. The molecule has 0 amide bonds. The van der Waals surface area contributed by atoms with Crippen LogP contribution in [-0.4, -0.2) is 42.4 Å². The number of β-amino-alcohol motifs (C(OH)–C–C–N with tert-alkyl or cyclic N) is 1. The van der Waals surface area contributed by atoms with Crippen LogP contribution in [0.4, 0.5) is 0 Å². The van der Waals surface area contributed by atoms with Gasteiger partial charge in [-0.1, -0.05) is 38.1 Å². The van der Waals surface area contributed by atoms with Gasteiger partial charge in [0.25, 0.3) is 0 Å². The minimum atomic E-state index is -0.402. The van der Waals surface area contributed by atoms with Gasteiger partial charge in [-0.25, -0.2) is 0 Å². The molecular weight excluding hydrogens is 262 g/mol. The Labute approximate surface area is 128 Å². The molecule has 2 atom stereocenters. The minimum Gasteiger partial charge on any atom is -0.387 e. The van der Waals surface area contributed by atoms with Crippen molar-refractivity contribution in [2.75, 3.05) is 26.2 Å². The van der Waals surface area contributed by atoms with Crippen molar-refractivity contribution < 1.29 is 9.84 Å². The first-order valence-electron chi connectivity index (χ1n) is 8.33. The summed E-state index contributed by atoms with van der Waals surface area (Å²) >= 11 is 0. The molecule has 0 saturated carbocycles. The van der Waals surface area contributed by atoms with Crippen molar-refractivity contribution in [1.29, 1.82) is 0 Å². The Morgan fingerprint density at radius 1 is 1.29 bits per heavy atom. The van der Waals surface area contributed by atoms with Crippen molar-refractivity contribution in [2.24, 2.45) is 0 Å². The highest BCUT2D eigenvalue weighted by Crippen LogP contribution is 2.19. The zero-order valence-corrected chi connectivity index (χ0v) is 13.4. The molecule has 1 aromatic carbocycles. The van der Waals surface area contributed by atoms with Gasteiger partial charge in [-0.3, -0.25) is 4.90 Å². The third-order valence-corrected chi connectivity index (χ3v) is 4.22. The van der Waals surface area contributed by atoms with E-state index in [-0.39, 0.29) is 0 Å². The second-order valence-electron chi connectivity index (χ2n) is 6.01. The molecule has 1 N–H and O–H groups in total. The number of rotatable bonds is 7. The van der Waals surface area contributed by atoms with Crippen LogP contribution in [0.2, 0.25) is 0 Å². The van der Waals surface area contributed by atoms with Crippen molar-refractivity contribution in [3.05, 3.63) is 35.4 Å². The van der Waals surface area contributed by atoms with Gasteiger partial charge in [0.1, 0.15) is 0 Å². The lowest BCUT2D eigenvalue weighted by atomic mass is 10.0. The van der Waals surface area contributed by atoms with Crippen molar-refractivity contribution in [2.45, 2.75) is 51.7 Å². The highest BCUT2D eigenvalue weighted by molar-refractivity contribution is 5.24. The van der Waals surface area contributed by atoms with Gasteiger partial charge in [0.05, 0.1) is 12.2 Å². The van der Waals surface area contributed by atoms with Gasteiger partial charge in [0, 0.05) is 19.7 Å². The zero-order valence-electron chi connectivity index (χ0n) is 13.4. The molecule has 0 spiro atoms. The third kappa shape index (κ3) is 5.10. The fourth-order valence-corrected chi connectivity index (χ4v) is 2.92. The van der Waals surface area contributed by atoms with E-state index in [1.807, 2.05) is 0 Å². The molecule has 1 aromatic rings. The number of benzene rings is 1. The molecule has 0 aliphatic carbocycles.